The van der Waals surface area contributed by atoms with E-state index in [4.69, 9.17) is 0 Å². The minimum Gasteiger partial charge on any atom is -0.206 e. The van der Waals surface area contributed by atoms with Crippen LogP contribution in [0.5, 0.6) is 0 Å². The topological polar surface area (TPSA) is 12.4 Å². The van der Waals surface area contributed by atoms with Crippen molar-refractivity contribution in [2.75, 3.05) is 0 Å². The molecule has 0 fully saturated rings. The molecule has 0 unspecified atom stereocenters. The molecule has 0 aliphatic carbocycles. The minimum atomic E-state index is 1.35. The summed E-state index contributed by atoms with van der Waals surface area (Å²) in [7, 11) is 0. The van der Waals surface area contributed by atoms with Crippen LogP contribution in [0.1, 0.15) is 0 Å². The number of nitrogens with zero attached hydrogens (tertiary/aromatic N) is 1. The normalized spacial score (nSPS) is 4.40. The van der Waals surface area contributed by atoms with Crippen LogP contribution >= 0.6 is 0 Å². The highest BCUT2D eigenvalue weighted by Crippen LogP contribution is 1.56. The van der Waals surface area contributed by atoms with Crippen molar-refractivity contribution in [2.45, 2.75) is 0 Å². The predicted molar refractivity (Wildman–Crippen MR) is 40.8 cm³/mol. The van der Waals surface area contributed by atoms with E-state index < -0.39 is 0 Å². The Morgan fingerprint density at radius 1 is 1.10 bits per heavy atom. The first kappa shape index (κ1) is 8.09. The molecule has 0 heterocycles. The summed E-state index contributed by atoms with van der Waals surface area (Å²) in [5.41, 5.74) is 12.1. The molecule has 10 heavy (non-hydrogen) atoms. The molecular formula is C9H5N. The Morgan fingerprint density at radius 3 is 2.40 bits per heavy atom. The molecule has 0 saturated heterocycles. The van der Waals surface area contributed by atoms with Crippen molar-refractivity contribution in [3.05, 3.63) is 48.0 Å². The van der Waals surface area contributed by atoms with Crippen LogP contribution in [0.3, 0.4) is 0 Å². The van der Waals surface area contributed by atoms with Gasteiger partial charge in [-0.05, 0) is 18.0 Å². The first-order chi connectivity index (χ1) is 4.91. The fourth-order valence-electron chi connectivity index (χ4n) is 0.213. The molecule has 0 spiro atoms. The van der Waals surface area contributed by atoms with Crippen LogP contribution in [0.15, 0.2) is 53.0 Å². The zero-order valence-corrected chi connectivity index (χ0v) is 5.44. The van der Waals surface area contributed by atoms with E-state index in [0.717, 1.165) is 0 Å². The maximum Gasteiger partial charge on any atom is 0.0481 e. The van der Waals surface area contributed by atoms with Gasteiger partial charge in [-0.1, -0.05) is 12.3 Å². The quantitative estimate of drug-likeness (QED) is 0.376. The maximum absolute atomic E-state index is 3.51. The average molecular weight is 127 g/mol. The Kier molecular flexibility index (Phi) is 5.74. The Labute approximate surface area is 59.7 Å². The van der Waals surface area contributed by atoms with Crippen LogP contribution in [0.4, 0.5) is 0 Å². The van der Waals surface area contributed by atoms with Crippen molar-refractivity contribution >= 4 is 5.87 Å². The second-order valence-electron chi connectivity index (χ2n) is 1.10. The Hall–Kier alpha value is -1.91. The Bertz CT molecular complexity index is 325. The molecule has 0 rings (SSSR count). The molecule has 0 N–H and O–H groups in total. The van der Waals surface area contributed by atoms with Crippen molar-refractivity contribution in [3.8, 4) is 0 Å². The Morgan fingerprint density at radius 2 is 1.80 bits per heavy atom. The Balaban J connectivity index is 4.87. The largest absolute Gasteiger partial charge is 0.206 e. The highest BCUT2D eigenvalue weighted by molar-refractivity contribution is 5.50. The lowest BCUT2D eigenvalue weighted by Crippen LogP contribution is -1.39. The van der Waals surface area contributed by atoms with Crippen molar-refractivity contribution in [3.63, 3.8) is 0 Å². The lowest BCUT2D eigenvalue weighted by Gasteiger charge is -1.51. The molecule has 0 bridgehead atoms. The van der Waals surface area contributed by atoms with Crippen LogP contribution in [-0.2, 0) is 0 Å². The van der Waals surface area contributed by atoms with Gasteiger partial charge in [-0.25, -0.2) is 4.99 Å². The van der Waals surface area contributed by atoms with Crippen LogP contribution in [0, 0.1) is 0 Å². The van der Waals surface area contributed by atoms with Gasteiger partial charge in [0.1, 0.15) is 0 Å². The van der Waals surface area contributed by atoms with Gasteiger partial charge in [-0.3, -0.25) is 0 Å². The smallest absolute Gasteiger partial charge is 0.0481 e. The lowest BCUT2D eigenvalue weighted by atomic mass is 10.7. The summed E-state index contributed by atoms with van der Waals surface area (Å²) in [4.78, 5) is 3.51. The van der Waals surface area contributed by atoms with E-state index >= 15 is 0 Å². The molecule has 0 amide bonds. The van der Waals surface area contributed by atoms with Crippen LogP contribution in [-0.4, -0.2) is 5.87 Å². The molecular weight excluding hydrogens is 122 g/mol. The molecule has 0 aliphatic rings. The van der Waals surface area contributed by atoms with Crippen molar-refractivity contribution in [1.82, 2.24) is 0 Å². The number of hydrogen-bond acceptors (Lipinski definition) is 1. The fraction of sp³-hybridized carbons (Fsp3) is 0. The second-order valence-corrected chi connectivity index (χ2v) is 1.10. The number of hydrogen-bond donors (Lipinski definition) is 0. The van der Waals surface area contributed by atoms with Crippen molar-refractivity contribution < 1.29 is 0 Å². The molecule has 0 aromatic heterocycles. The highest BCUT2D eigenvalue weighted by atomic mass is 14.6. The first-order valence-electron chi connectivity index (χ1n) is 2.49. The van der Waals surface area contributed by atoms with E-state index in [1.165, 1.54) is 6.20 Å². The van der Waals surface area contributed by atoms with Crippen LogP contribution in [0.25, 0.3) is 0 Å². The van der Waals surface area contributed by atoms with Gasteiger partial charge in [0.05, 0.1) is 0 Å². The third kappa shape index (κ3) is 6.09. The fourth-order valence-corrected chi connectivity index (χ4v) is 0.213. The standard InChI is InChI=1S/C9H5N/c1-3-5-6-7-8-9-10-4-2/h4H,1-2H2. The molecule has 0 saturated carbocycles. The summed E-state index contributed by atoms with van der Waals surface area (Å²) in [5.74, 6) is 2.39. The monoisotopic (exact) mass is 127 g/mol. The maximum atomic E-state index is 3.51. The SMILES string of the molecule is C=C=C=C=C=C=C=NC=C. The molecule has 46 valence electrons. The van der Waals surface area contributed by atoms with Crippen LogP contribution in [0.2, 0.25) is 0 Å². The number of aliphatic imine (C=N–C) groups is 1. The highest BCUT2D eigenvalue weighted by Gasteiger charge is 1.42. The van der Waals surface area contributed by atoms with E-state index in [1.54, 1.807) is 0 Å². The minimum absolute atomic E-state index is 1.35. The zero-order chi connectivity index (χ0) is 7.66. The number of rotatable bonds is 1. The molecule has 1 nitrogen and oxygen atoms in total. The van der Waals surface area contributed by atoms with Gasteiger partial charge in [0.15, 0.2) is 0 Å². The van der Waals surface area contributed by atoms with Crippen molar-refractivity contribution in [2.24, 2.45) is 4.99 Å². The van der Waals surface area contributed by atoms with E-state index in [2.05, 4.69) is 52.7 Å². The van der Waals surface area contributed by atoms with Crippen molar-refractivity contribution in [1.29, 1.82) is 0 Å². The zero-order valence-electron chi connectivity index (χ0n) is 5.44. The summed E-state index contributed by atoms with van der Waals surface area (Å²) in [6.45, 7) is 6.61. The van der Waals surface area contributed by atoms with E-state index in [9.17, 15) is 0 Å². The van der Waals surface area contributed by atoms with Crippen LogP contribution < -0.4 is 0 Å². The molecule has 0 aromatic rings. The predicted octanol–water partition coefficient (Wildman–Crippen LogP) is 1.76. The van der Waals surface area contributed by atoms with Gasteiger partial charge in [0.25, 0.3) is 0 Å². The summed E-state index contributed by atoms with van der Waals surface area (Å²) >= 11 is 0. The van der Waals surface area contributed by atoms with Gasteiger partial charge >= 0.3 is 0 Å². The third-order valence-corrected chi connectivity index (χ3v) is 0.488. The molecule has 0 atom stereocenters. The van der Waals surface area contributed by atoms with Gasteiger partial charge < -0.3 is 0 Å². The molecule has 0 aliphatic heterocycles. The van der Waals surface area contributed by atoms with Gasteiger partial charge in [-0.2, -0.15) is 0 Å². The molecule has 0 radical (unpaired) electrons. The summed E-state index contributed by atoms with van der Waals surface area (Å²) in [6.07, 6.45) is 1.35. The first-order valence-corrected chi connectivity index (χ1v) is 2.49. The summed E-state index contributed by atoms with van der Waals surface area (Å²) < 4.78 is 0. The molecule has 1 heteroatoms. The van der Waals surface area contributed by atoms with Gasteiger partial charge in [0, 0.05) is 23.5 Å². The van der Waals surface area contributed by atoms with E-state index in [-0.39, 0.29) is 0 Å². The summed E-state index contributed by atoms with van der Waals surface area (Å²) in [5, 5.41) is 0. The molecule has 0 aromatic carbocycles. The third-order valence-electron chi connectivity index (χ3n) is 0.488. The van der Waals surface area contributed by atoms with E-state index in [1.807, 2.05) is 0 Å². The lowest BCUT2D eigenvalue weighted by molar-refractivity contribution is 1.64. The van der Waals surface area contributed by atoms with Gasteiger partial charge in [0.2, 0.25) is 0 Å². The van der Waals surface area contributed by atoms with E-state index in [0.29, 0.717) is 0 Å². The summed E-state index contributed by atoms with van der Waals surface area (Å²) in [6, 6.07) is 0. The second kappa shape index (κ2) is 7.09. The van der Waals surface area contributed by atoms with Gasteiger partial charge in [-0.15, -0.1) is 0 Å². The average Bonchev–Trinajstić information content (AvgIpc) is 1.97.